The van der Waals surface area contributed by atoms with Gasteiger partial charge in [0.1, 0.15) is 0 Å². The van der Waals surface area contributed by atoms with Gasteiger partial charge in [-0.15, -0.1) is 0 Å². The van der Waals surface area contributed by atoms with Crippen molar-refractivity contribution in [3.8, 4) is 0 Å². The van der Waals surface area contributed by atoms with E-state index in [2.05, 4.69) is 21.2 Å². The van der Waals surface area contributed by atoms with Crippen LogP contribution in [0.5, 0.6) is 0 Å². The summed E-state index contributed by atoms with van der Waals surface area (Å²) >= 11 is -1.03. The molecule has 0 bridgehead atoms. The molecule has 0 aliphatic heterocycles. The van der Waals surface area contributed by atoms with Crippen LogP contribution >= 0.6 is 10.0 Å². The molecule has 62 valence electrons. The van der Waals surface area contributed by atoms with Gasteiger partial charge in [0, 0.05) is 12.1 Å². The topological polar surface area (TPSA) is 20.9 Å². The third kappa shape index (κ3) is 6.24. The predicted octanol–water partition coefficient (Wildman–Crippen LogP) is 1.46. The quantitative estimate of drug-likeness (QED) is 0.401. The van der Waals surface area contributed by atoms with Gasteiger partial charge >= 0.3 is 29.5 Å². The number of rotatable bonds is 2. The van der Waals surface area contributed by atoms with E-state index in [-0.39, 0.29) is 1.43 Å². The van der Waals surface area contributed by atoms with Gasteiger partial charge in [0.2, 0.25) is 0 Å². The van der Waals surface area contributed by atoms with Gasteiger partial charge in [0.25, 0.3) is 0 Å². The number of allylic oxidation sites excluding steroid dienone is 1. The summed E-state index contributed by atoms with van der Waals surface area (Å²) in [7, 11) is 4.53. The molecule has 0 spiro atoms. The molecule has 1 heterocycles. The average molecular weight is 200 g/mol. The van der Waals surface area contributed by atoms with Crippen molar-refractivity contribution in [3.63, 3.8) is 0 Å². The van der Waals surface area contributed by atoms with Crippen molar-refractivity contribution in [3.05, 3.63) is 43.2 Å². The number of aromatic nitrogens is 1. The van der Waals surface area contributed by atoms with Gasteiger partial charge in [0.15, 0.2) is 18.9 Å². The molecule has 0 saturated carbocycles. The van der Waals surface area contributed by atoms with Crippen LogP contribution < -0.4 is 4.57 Å². The first-order valence-corrected chi connectivity index (χ1v) is 5.65. The zero-order valence-electron chi connectivity index (χ0n) is 7.69. The molecule has 0 N–H and O–H groups in total. The first-order chi connectivity index (χ1) is 5.85. The summed E-state index contributed by atoms with van der Waals surface area (Å²) in [5.74, 6) is 0. The summed E-state index contributed by atoms with van der Waals surface area (Å²) < 4.78 is 10.8. The maximum absolute atomic E-state index is 8.78. The second-order valence-corrected chi connectivity index (χ2v) is 2.66. The van der Waals surface area contributed by atoms with E-state index in [9.17, 15) is 0 Å². The summed E-state index contributed by atoms with van der Waals surface area (Å²) in [4.78, 5) is 0. The molecule has 0 fully saturated rings. The van der Waals surface area contributed by atoms with Gasteiger partial charge in [-0.25, -0.2) is 4.57 Å². The monoisotopic (exact) mass is 199 g/mol. The van der Waals surface area contributed by atoms with Crippen molar-refractivity contribution in [2.45, 2.75) is 6.54 Å². The van der Waals surface area contributed by atoms with Crippen molar-refractivity contribution >= 4 is 24.3 Å². The summed E-state index contributed by atoms with van der Waals surface area (Å²) in [6, 6.07) is 6.01. The third-order valence-electron chi connectivity index (χ3n) is 1.12. The second-order valence-electron chi connectivity index (χ2n) is 1.95. The van der Waals surface area contributed by atoms with Crippen molar-refractivity contribution in [1.29, 1.82) is 0 Å². The van der Waals surface area contributed by atoms with Crippen molar-refractivity contribution in [2.75, 3.05) is 0 Å². The molecule has 1 aromatic rings. The summed E-state index contributed by atoms with van der Waals surface area (Å²) in [5.41, 5.74) is 0. The number of hydrogen-bond donors (Lipinski definition) is 0. The molecule has 4 heteroatoms. The summed E-state index contributed by atoms with van der Waals surface area (Å²) in [5, 5.41) is 0. The first-order valence-electron chi connectivity index (χ1n) is 3.44. The van der Waals surface area contributed by atoms with Crippen LogP contribution in [-0.2, 0) is 10.3 Å². The Morgan fingerprint density at radius 1 is 1.50 bits per heavy atom. The second kappa shape index (κ2) is 8.61. The van der Waals surface area contributed by atoms with E-state index < -0.39 is 14.2 Å². The Hall–Kier alpha value is -0.488. The Balaban J connectivity index is 0. The Morgan fingerprint density at radius 2 is 2.00 bits per heavy atom. The average Bonchev–Trinajstić information content (AvgIpc) is 2.08. The predicted molar refractivity (Wildman–Crippen MR) is 50.2 cm³/mol. The maximum atomic E-state index is 8.78. The van der Waals surface area contributed by atoms with Crippen LogP contribution in [0.15, 0.2) is 43.2 Å². The van der Waals surface area contributed by atoms with E-state index in [1.165, 1.54) is 0 Å². The van der Waals surface area contributed by atoms with Crippen LogP contribution in [-0.4, -0.2) is 14.2 Å². The zero-order valence-corrected chi connectivity index (χ0v) is 8.60. The molecule has 1 rings (SSSR count). The standard InChI is InChI=1S/C8H10N.Al.ClH.O/c1-2-6-9-7-4-3-5-8-9;;;/h2-5,7-8H,1,6H2;;1H;/q2*+1;;. The first kappa shape index (κ1) is 11.5. The van der Waals surface area contributed by atoms with Gasteiger partial charge in [-0.05, 0) is 6.08 Å². The fraction of sp³-hybridized carbons (Fsp3) is 0.125. The molecule has 0 amide bonds. The fourth-order valence-corrected chi connectivity index (χ4v) is 0.705. The van der Waals surface area contributed by atoms with Gasteiger partial charge < -0.3 is 0 Å². The van der Waals surface area contributed by atoms with Crippen molar-refractivity contribution < 1.29 is 9.80 Å². The molecule has 0 aliphatic rings. The van der Waals surface area contributed by atoms with Crippen LogP contribution in [0.4, 0.5) is 0 Å². The Labute approximate surface area is 84.1 Å². The molecule has 2 nitrogen and oxygen atoms in total. The van der Waals surface area contributed by atoms with E-state index in [1.807, 2.05) is 36.7 Å². The molecule has 0 atom stereocenters. The molecule has 0 saturated heterocycles. The van der Waals surface area contributed by atoms with Crippen molar-refractivity contribution in [2.24, 2.45) is 0 Å². The molecular formula is C8H11AlClNO+2. The van der Waals surface area contributed by atoms with Gasteiger partial charge in [-0.1, -0.05) is 12.6 Å². The summed E-state index contributed by atoms with van der Waals surface area (Å²) in [6.45, 7) is 4.52. The molecule has 0 radical (unpaired) electrons. The number of pyridine rings is 1. The number of nitrogens with zero attached hydrogens (tertiary/aromatic N) is 1. The molecule has 0 unspecified atom stereocenters. The molecule has 0 aliphatic carbocycles. The van der Waals surface area contributed by atoms with Gasteiger partial charge in [-0.2, -0.15) is 0 Å². The van der Waals surface area contributed by atoms with Crippen molar-refractivity contribution in [1.82, 2.24) is 0 Å². The van der Waals surface area contributed by atoms with Crippen LogP contribution in [0.25, 0.3) is 0 Å². The molecule has 12 heavy (non-hydrogen) atoms. The number of hydrogen-bond acceptors (Lipinski definition) is 1. The van der Waals surface area contributed by atoms with E-state index in [4.69, 9.17) is 3.80 Å². The van der Waals surface area contributed by atoms with Gasteiger partial charge in [0.05, 0.1) is 0 Å². The van der Waals surface area contributed by atoms with Crippen LogP contribution in [0, 0.1) is 0 Å². The van der Waals surface area contributed by atoms with E-state index in [0.29, 0.717) is 0 Å². The zero-order chi connectivity index (χ0) is 9.23. The Bertz CT molecular complexity index is 233. The van der Waals surface area contributed by atoms with E-state index >= 15 is 0 Å². The van der Waals surface area contributed by atoms with Gasteiger partial charge in [-0.3, -0.25) is 0 Å². The van der Waals surface area contributed by atoms with Crippen LogP contribution in [0.2, 0.25) is 0 Å². The Kier molecular flexibility index (Phi) is 8.26. The molecule has 0 aromatic carbocycles. The minimum atomic E-state index is -1.03. The van der Waals surface area contributed by atoms with E-state index in [1.54, 1.807) is 0 Å². The summed E-state index contributed by atoms with van der Waals surface area (Å²) in [6.07, 6.45) is 5.91. The minimum absolute atomic E-state index is 0. The fourth-order valence-electron chi connectivity index (χ4n) is 0.705. The third-order valence-corrected chi connectivity index (χ3v) is 1.12. The number of halogens is 1. The molecular weight excluding hydrogens is 189 g/mol. The Morgan fingerprint density at radius 3 is 2.42 bits per heavy atom. The van der Waals surface area contributed by atoms with Crippen LogP contribution in [0.3, 0.4) is 0 Å². The normalized spacial score (nSPS) is 7.42. The SMILES string of the molecule is C=CC[n+]1ccccc1.[H+].[O]=[Al][Cl]. The van der Waals surface area contributed by atoms with Crippen LogP contribution in [0.1, 0.15) is 1.43 Å². The van der Waals surface area contributed by atoms with E-state index in [0.717, 1.165) is 6.54 Å². The molecule has 1 aromatic heterocycles.